The average Bonchev–Trinajstić information content (AvgIpc) is 3.16. The first-order valence-electron chi connectivity index (χ1n) is 9.26. The van der Waals surface area contributed by atoms with Crippen molar-refractivity contribution in [2.45, 2.75) is 18.9 Å². The molecule has 0 bridgehead atoms. The molecule has 8 nitrogen and oxygen atoms in total. The van der Waals surface area contributed by atoms with Gasteiger partial charge in [0.15, 0.2) is 0 Å². The average molecular weight is 363 g/mol. The first-order chi connectivity index (χ1) is 13.3. The summed E-state index contributed by atoms with van der Waals surface area (Å²) in [6.45, 7) is 2.94. The van der Waals surface area contributed by atoms with Crippen LogP contribution in [0, 0.1) is 5.92 Å². The number of rotatable bonds is 3. The molecule has 2 unspecified atom stereocenters. The zero-order chi connectivity index (χ0) is 18.2. The van der Waals surface area contributed by atoms with Crippen LogP contribution in [0.4, 0.5) is 11.6 Å². The summed E-state index contributed by atoms with van der Waals surface area (Å²) in [5.74, 6) is 3.21. The van der Waals surface area contributed by atoms with E-state index in [0.29, 0.717) is 17.8 Å². The van der Waals surface area contributed by atoms with Crippen molar-refractivity contribution in [2.75, 3.05) is 36.5 Å². The number of hydrogen-bond donors (Lipinski definition) is 0. The van der Waals surface area contributed by atoms with Crippen LogP contribution < -0.4 is 14.5 Å². The Labute approximate surface area is 157 Å². The van der Waals surface area contributed by atoms with Crippen molar-refractivity contribution < 1.29 is 4.74 Å². The zero-order valence-corrected chi connectivity index (χ0v) is 15.2. The van der Waals surface area contributed by atoms with Crippen LogP contribution in [0.15, 0.2) is 37.2 Å². The fourth-order valence-corrected chi connectivity index (χ4v) is 4.35. The SMILES string of the molecule is COc1cc(N2CCC3CCN(c4ncnc5cnccc45)C3C2)ncn1. The van der Waals surface area contributed by atoms with Gasteiger partial charge in [-0.05, 0) is 24.8 Å². The highest BCUT2D eigenvalue weighted by atomic mass is 16.5. The van der Waals surface area contributed by atoms with Crippen molar-refractivity contribution in [1.29, 1.82) is 0 Å². The molecule has 2 atom stereocenters. The minimum Gasteiger partial charge on any atom is -0.481 e. The van der Waals surface area contributed by atoms with Gasteiger partial charge in [-0.2, -0.15) is 0 Å². The molecule has 2 aliphatic heterocycles. The van der Waals surface area contributed by atoms with Gasteiger partial charge in [-0.1, -0.05) is 0 Å². The summed E-state index contributed by atoms with van der Waals surface area (Å²) in [4.78, 5) is 26.5. The lowest BCUT2D eigenvalue weighted by Crippen LogP contribution is -2.48. The van der Waals surface area contributed by atoms with Crippen molar-refractivity contribution in [3.63, 3.8) is 0 Å². The van der Waals surface area contributed by atoms with Crippen LogP contribution in [-0.2, 0) is 0 Å². The lowest BCUT2D eigenvalue weighted by atomic mass is 9.92. The van der Waals surface area contributed by atoms with Crippen molar-refractivity contribution in [3.8, 4) is 5.88 Å². The van der Waals surface area contributed by atoms with E-state index >= 15 is 0 Å². The fourth-order valence-electron chi connectivity index (χ4n) is 4.35. The molecule has 27 heavy (non-hydrogen) atoms. The number of fused-ring (bicyclic) bond motifs is 2. The van der Waals surface area contributed by atoms with Gasteiger partial charge in [0.1, 0.15) is 24.3 Å². The molecule has 2 fully saturated rings. The monoisotopic (exact) mass is 363 g/mol. The fraction of sp³-hybridized carbons (Fsp3) is 0.421. The molecule has 0 aliphatic carbocycles. The predicted octanol–water partition coefficient (Wildman–Crippen LogP) is 1.93. The molecule has 0 aromatic carbocycles. The number of ether oxygens (including phenoxy) is 1. The Morgan fingerprint density at radius 2 is 1.96 bits per heavy atom. The summed E-state index contributed by atoms with van der Waals surface area (Å²) in [5.41, 5.74) is 0.888. The second-order valence-electron chi connectivity index (χ2n) is 7.05. The maximum absolute atomic E-state index is 5.26. The summed E-state index contributed by atoms with van der Waals surface area (Å²) in [7, 11) is 1.63. The van der Waals surface area contributed by atoms with E-state index in [1.165, 1.54) is 6.42 Å². The van der Waals surface area contributed by atoms with Gasteiger partial charge >= 0.3 is 0 Å². The van der Waals surface area contributed by atoms with Gasteiger partial charge < -0.3 is 14.5 Å². The summed E-state index contributed by atoms with van der Waals surface area (Å²) in [6, 6.07) is 4.32. The minimum absolute atomic E-state index is 0.408. The molecule has 3 aromatic heterocycles. The second kappa shape index (κ2) is 6.61. The van der Waals surface area contributed by atoms with Gasteiger partial charge in [0.05, 0.1) is 24.9 Å². The quantitative estimate of drug-likeness (QED) is 0.698. The molecule has 2 aliphatic rings. The smallest absolute Gasteiger partial charge is 0.218 e. The Morgan fingerprint density at radius 3 is 2.89 bits per heavy atom. The van der Waals surface area contributed by atoms with Crippen LogP contribution >= 0.6 is 0 Å². The van der Waals surface area contributed by atoms with E-state index in [2.05, 4.69) is 34.7 Å². The second-order valence-corrected chi connectivity index (χ2v) is 7.05. The molecule has 138 valence electrons. The van der Waals surface area contributed by atoms with Gasteiger partial charge in [-0.25, -0.2) is 19.9 Å². The van der Waals surface area contributed by atoms with Gasteiger partial charge in [-0.15, -0.1) is 0 Å². The van der Waals surface area contributed by atoms with Crippen LogP contribution in [0.2, 0.25) is 0 Å². The highest BCUT2D eigenvalue weighted by Crippen LogP contribution is 2.37. The minimum atomic E-state index is 0.408. The van der Waals surface area contributed by atoms with E-state index in [4.69, 9.17) is 4.74 Å². The number of pyridine rings is 1. The van der Waals surface area contributed by atoms with E-state index in [0.717, 1.165) is 48.6 Å². The molecule has 5 rings (SSSR count). The first kappa shape index (κ1) is 16.2. The van der Waals surface area contributed by atoms with Crippen LogP contribution in [0.25, 0.3) is 10.9 Å². The molecule has 8 heteroatoms. The third-order valence-corrected chi connectivity index (χ3v) is 5.71. The van der Waals surface area contributed by atoms with Gasteiger partial charge in [0, 0.05) is 37.3 Å². The molecular formula is C19H21N7O. The van der Waals surface area contributed by atoms with Gasteiger partial charge in [0.2, 0.25) is 5.88 Å². The summed E-state index contributed by atoms with van der Waals surface area (Å²) in [6.07, 6.45) is 9.16. The molecule has 0 radical (unpaired) electrons. The number of methoxy groups -OCH3 is 1. The highest BCUT2D eigenvalue weighted by molar-refractivity contribution is 5.88. The number of piperidine rings is 1. The Hall–Kier alpha value is -3.03. The molecule has 0 saturated carbocycles. The van der Waals surface area contributed by atoms with E-state index in [1.807, 2.05) is 18.3 Å². The molecule has 2 saturated heterocycles. The van der Waals surface area contributed by atoms with Gasteiger partial charge in [-0.3, -0.25) is 4.98 Å². The number of nitrogens with zero attached hydrogens (tertiary/aromatic N) is 7. The zero-order valence-electron chi connectivity index (χ0n) is 15.2. The Morgan fingerprint density at radius 1 is 1.07 bits per heavy atom. The predicted molar refractivity (Wildman–Crippen MR) is 102 cm³/mol. The summed E-state index contributed by atoms with van der Waals surface area (Å²) >= 11 is 0. The normalized spacial score (nSPS) is 22.1. The van der Waals surface area contributed by atoms with Gasteiger partial charge in [0.25, 0.3) is 0 Å². The lowest BCUT2D eigenvalue weighted by Gasteiger charge is -2.39. The van der Waals surface area contributed by atoms with Crippen LogP contribution in [-0.4, -0.2) is 57.7 Å². The third kappa shape index (κ3) is 2.81. The van der Waals surface area contributed by atoms with Crippen molar-refractivity contribution in [3.05, 3.63) is 37.2 Å². The highest BCUT2D eigenvalue weighted by Gasteiger charge is 2.40. The maximum atomic E-state index is 5.26. The van der Waals surface area contributed by atoms with Crippen molar-refractivity contribution in [2.24, 2.45) is 5.92 Å². The topological polar surface area (TPSA) is 80.2 Å². The summed E-state index contributed by atoms with van der Waals surface area (Å²) < 4.78 is 5.26. The molecular weight excluding hydrogens is 342 g/mol. The first-order valence-corrected chi connectivity index (χ1v) is 9.26. The van der Waals surface area contributed by atoms with E-state index in [1.54, 1.807) is 26.0 Å². The van der Waals surface area contributed by atoms with Crippen LogP contribution in [0.3, 0.4) is 0 Å². The Balaban J connectivity index is 1.46. The number of anilines is 2. The van der Waals surface area contributed by atoms with Crippen molar-refractivity contribution >= 4 is 22.5 Å². The third-order valence-electron chi connectivity index (χ3n) is 5.71. The lowest BCUT2D eigenvalue weighted by molar-refractivity contribution is 0.384. The molecule has 0 N–H and O–H groups in total. The number of hydrogen-bond acceptors (Lipinski definition) is 8. The van der Waals surface area contributed by atoms with Crippen LogP contribution in [0.1, 0.15) is 12.8 Å². The number of aromatic nitrogens is 5. The van der Waals surface area contributed by atoms with E-state index < -0.39 is 0 Å². The largest absolute Gasteiger partial charge is 0.481 e. The Kier molecular flexibility index (Phi) is 3.95. The van der Waals surface area contributed by atoms with E-state index in [-0.39, 0.29) is 0 Å². The van der Waals surface area contributed by atoms with Crippen molar-refractivity contribution in [1.82, 2.24) is 24.9 Å². The molecule has 0 spiro atoms. The van der Waals surface area contributed by atoms with Crippen LogP contribution in [0.5, 0.6) is 5.88 Å². The Bertz CT molecular complexity index is 960. The molecule has 3 aromatic rings. The molecule has 5 heterocycles. The maximum Gasteiger partial charge on any atom is 0.218 e. The van der Waals surface area contributed by atoms with E-state index in [9.17, 15) is 0 Å². The summed E-state index contributed by atoms with van der Waals surface area (Å²) in [5, 5.41) is 1.06. The standard InChI is InChI=1S/C19H21N7O/c1-27-18-8-17(22-12-23-18)25-6-3-13-4-7-26(16(13)10-25)19-14-2-5-20-9-15(14)21-11-24-19/h2,5,8-9,11-13,16H,3-4,6-7,10H2,1H3. The molecule has 0 amide bonds.